The molecule has 0 aliphatic heterocycles. The average Bonchev–Trinajstić information content (AvgIpc) is 2.88. The zero-order valence-electron chi connectivity index (χ0n) is 20.7. The van der Waals surface area contributed by atoms with Crippen LogP contribution in [0.15, 0.2) is 69.1 Å². The number of benzene rings is 2. The fraction of sp³-hybridized carbons (Fsp3) is 0.280. The molecule has 11 nitrogen and oxygen atoms in total. The number of amides is 1. The summed E-state index contributed by atoms with van der Waals surface area (Å²) >= 11 is 0. The van der Waals surface area contributed by atoms with Crippen LogP contribution < -0.4 is 21.3 Å². The molecule has 2 N–H and O–H groups in total. The van der Waals surface area contributed by atoms with Gasteiger partial charge in [0.1, 0.15) is 5.82 Å². The van der Waals surface area contributed by atoms with Crippen LogP contribution in [-0.4, -0.2) is 36.0 Å². The average molecular weight is 529 g/mol. The third kappa shape index (κ3) is 6.94. The number of sulfonamides is 1. The van der Waals surface area contributed by atoms with Gasteiger partial charge in [0.15, 0.2) is 6.61 Å². The zero-order valence-corrected chi connectivity index (χ0v) is 21.5. The van der Waals surface area contributed by atoms with E-state index in [1.807, 2.05) is 12.1 Å². The Morgan fingerprint density at radius 2 is 1.68 bits per heavy atom. The Hall–Kier alpha value is -4.19. The number of carbonyl (C=O) groups excluding carboxylic acids is 2. The van der Waals surface area contributed by atoms with E-state index in [-0.39, 0.29) is 16.3 Å². The molecule has 196 valence electrons. The third-order valence-corrected chi connectivity index (χ3v) is 6.91. The van der Waals surface area contributed by atoms with Crippen LogP contribution in [-0.2, 0) is 40.1 Å². The minimum absolute atomic E-state index is 0.0632. The van der Waals surface area contributed by atoms with Gasteiger partial charge in [-0.3, -0.25) is 23.4 Å². The summed E-state index contributed by atoms with van der Waals surface area (Å²) in [5, 5.41) is 2.33. The highest BCUT2D eigenvalue weighted by atomic mass is 32.2. The second kappa shape index (κ2) is 11.7. The van der Waals surface area contributed by atoms with Crippen molar-refractivity contribution in [3.05, 3.63) is 86.6 Å². The molecule has 0 saturated heterocycles. The van der Waals surface area contributed by atoms with Crippen molar-refractivity contribution in [1.82, 2.24) is 9.13 Å². The first kappa shape index (κ1) is 27.4. The van der Waals surface area contributed by atoms with Crippen LogP contribution in [0.4, 0.5) is 11.5 Å². The van der Waals surface area contributed by atoms with Crippen molar-refractivity contribution in [2.75, 3.05) is 16.6 Å². The molecule has 0 saturated carbocycles. The number of unbranched alkanes of at least 4 members (excludes halogenated alkanes) is 1. The van der Waals surface area contributed by atoms with E-state index in [9.17, 15) is 27.6 Å². The van der Waals surface area contributed by atoms with Crippen LogP contribution in [0.1, 0.15) is 35.7 Å². The van der Waals surface area contributed by atoms with Crippen LogP contribution in [0.3, 0.4) is 0 Å². The molecule has 0 radical (unpaired) electrons. The Balaban J connectivity index is 1.64. The molecule has 12 heteroatoms. The molecular formula is C25H28N4O7S. The number of aryl methyl sites for hydroxylation is 1. The molecule has 0 aliphatic carbocycles. The predicted molar refractivity (Wildman–Crippen MR) is 138 cm³/mol. The lowest BCUT2D eigenvalue weighted by Crippen LogP contribution is -2.38. The van der Waals surface area contributed by atoms with Crippen molar-refractivity contribution >= 4 is 33.4 Å². The molecule has 1 aromatic heterocycles. The quantitative estimate of drug-likeness (QED) is 0.383. The number of anilines is 2. The largest absolute Gasteiger partial charge is 0.452 e. The number of hydrogen-bond donors (Lipinski definition) is 2. The molecule has 1 amide bonds. The summed E-state index contributed by atoms with van der Waals surface area (Å²) in [7, 11) is -1.33. The number of aromatic nitrogens is 2. The molecule has 3 aromatic rings. The lowest BCUT2D eigenvalue weighted by atomic mass is 10.1. The Kier molecular flexibility index (Phi) is 8.66. The SMILES string of the molecule is CCCCc1ccc(NS(=O)(=O)c2cccc(C(=O)OCC(=O)Nc3cc(=O)n(C)c(=O)n3C)c2)cc1. The van der Waals surface area contributed by atoms with Crippen LogP contribution in [0.5, 0.6) is 0 Å². The Morgan fingerprint density at radius 1 is 0.973 bits per heavy atom. The van der Waals surface area contributed by atoms with Crippen molar-refractivity contribution in [2.45, 2.75) is 31.1 Å². The number of carbonyl (C=O) groups is 2. The second-order valence-corrected chi connectivity index (χ2v) is 10.0. The molecular weight excluding hydrogens is 500 g/mol. The lowest BCUT2D eigenvalue weighted by Gasteiger charge is -2.12. The van der Waals surface area contributed by atoms with Gasteiger partial charge in [0.05, 0.1) is 10.5 Å². The maximum absolute atomic E-state index is 12.8. The Morgan fingerprint density at radius 3 is 2.35 bits per heavy atom. The van der Waals surface area contributed by atoms with E-state index >= 15 is 0 Å². The molecule has 3 rings (SSSR count). The summed E-state index contributed by atoms with van der Waals surface area (Å²) in [6.07, 6.45) is 3.02. The van der Waals surface area contributed by atoms with Gasteiger partial charge < -0.3 is 10.1 Å². The van der Waals surface area contributed by atoms with E-state index in [1.54, 1.807) is 12.1 Å². The van der Waals surface area contributed by atoms with Crippen molar-refractivity contribution < 1.29 is 22.7 Å². The number of ether oxygens (including phenoxy) is 1. The van der Waals surface area contributed by atoms with Crippen LogP contribution in [0.2, 0.25) is 0 Å². The van der Waals surface area contributed by atoms with E-state index in [2.05, 4.69) is 17.0 Å². The topological polar surface area (TPSA) is 146 Å². The number of nitrogens with zero attached hydrogens (tertiary/aromatic N) is 2. The normalized spacial score (nSPS) is 11.1. The first-order valence-corrected chi connectivity index (χ1v) is 13.0. The van der Waals surface area contributed by atoms with Gasteiger partial charge >= 0.3 is 11.7 Å². The highest BCUT2D eigenvalue weighted by molar-refractivity contribution is 7.92. The van der Waals surface area contributed by atoms with Crippen LogP contribution in [0.25, 0.3) is 0 Å². The number of hydrogen-bond acceptors (Lipinski definition) is 7. The van der Waals surface area contributed by atoms with E-state index in [4.69, 9.17) is 4.74 Å². The monoisotopic (exact) mass is 528 g/mol. The maximum Gasteiger partial charge on any atom is 0.338 e. The maximum atomic E-state index is 12.8. The lowest BCUT2D eigenvalue weighted by molar-refractivity contribution is -0.119. The number of nitrogens with one attached hydrogen (secondary N) is 2. The van der Waals surface area contributed by atoms with Gasteiger partial charge in [-0.2, -0.15) is 0 Å². The van der Waals surface area contributed by atoms with Gasteiger partial charge in [-0.1, -0.05) is 31.5 Å². The summed E-state index contributed by atoms with van der Waals surface area (Å²) in [4.78, 5) is 48.2. The fourth-order valence-electron chi connectivity index (χ4n) is 3.37. The number of rotatable bonds is 10. The summed E-state index contributed by atoms with van der Waals surface area (Å²) in [6, 6.07) is 13.3. The fourth-order valence-corrected chi connectivity index (χ4v) is 4.47. The molecule has 1 heterocycles. The molecule has 0 atom stereocenters. The molecule has 0 bridgehead atoms. The van der Waals surface area contributed by atoms with Crippen molar-refractivity contribution in [1.29, 1.82) is 0 Å². The van der Waals surface area contributed by atoms with Gasteiger partial charge in [-0.05, 0) is 48.7 Å². The van der Waals surface area contributed by atoms with Crippen LogP contribution in [0, 0.1) is 0 Å². The van der Waals surface area contributed by atoms with Gasteiger partial charge in [0.2, 0.25) is 0 Å². The Bertz CT molecular complexity index is 1520. The molecule has 0 unspecified atom stereocenters. The molecule has 2 aromatic carbocycles. The highest BCUT2D eigenvalue weighted by Crippen LogP contribution is 2.19. The van der Waals surface area contributed by atoms with Gasteiger partial charge in [0.25, 0.3) is 21.5 Å². The summed E-state index contributed by atoms with van der Waals surface area (Å²) < 4.78 is 35.0. The second-order valence-electron chi connectivity index (χ2n) is 8.33. The standard InChI is InChI=1S/C25H28N4O7S/c1-4-5-7-17-10-12-19(13-11-17)27-37(34,35)20-9-6-8-18(14-20)24(32)36-16-22(30)26-21-15-23(31)29(3)25(33)28(21)2/h6,8-15,27H,4-5,7,16H2,1-3H3,(H,26,30). The summed E-state index contributed by atoms with van der Waals surface area (Å²) in [6.45, 7) is 1.38. The van der Waals surface area contributed by atoms with Gasteiger partial charge in [0, 0.05) is 25.8 Å². The van der Waals surface area contributed by atoms with E-state index in [0.717, 1.165) is 46.1 Å². The minimum atomic E-state index is -3.99. The highest BCUT2D eigenvalue weighted by Gasteiger charge is 2.18. The van der Waals surface area contributed by atoms with Crippen molar-refractivity contribution in [3.8, 4) is 0 Å². The van der Waals surface area contributed by atoms with E-state index in [1.165, 1.54) is 32.3 Å². The van der Waals surface area contributed by atoms with E-state index in [0.29, 0.717) is 5.69 Å². The first-order chi connectivity index (χ1) is 17.5. The Labute approximate surface area is 213 Å². The predicted octanol–water partition coefficient (Wildman–Crippen LogP) is 2.02. The molecule has 0 aliphatic rings. The molecule has 0 spiro atoms. The summed E-state index contributed by atoms with van der Waals surface area (Å²) in [5.74, 6) is -1.78. The first-order valence-electron chi connectivity index (χ1n) is 11.5. The van der Waals surface area contributed by atoms with E-state index < -0.39 is 39.8 Å². The van der Waals surface area contributed by atoms with Crippen molar-refractivity contribution in [2.24, 2.45) is 14.1 Å². The smallest absolute Gasteiger partial charge is 0.338 e. The molecule has 37 heavy (non-hydrogen) atoms. The molecule has 0 fully saturated rings. The van der Waals surface area contributed by atoms with Crippen molar-refractivity contribution in [3.63, 3.8) is 0 Å². The summed E-state index contributed by atoms with van der Waals surface area (Å²) in [5.41, 5.74) is 0.158. The minimum Gasteiger partial charge on any atom is -0.452 e. The third-order valence-electron chi connectivity index (χ3n) is 5.53. The number of esters is 1. The van der Waals surface area contributed by atoms with Gasteiger partial charge in [-0.25, -0.2) is 18.0 Å². The zero-order chi connectivity index (χ0) is 27.2. The van der Waals surface area contributed by atoms with Gasteiger partial charge in [-0.15, -0.1) is 0 Å². The van der Waals surface area contributed by atoms with Crippen LogP contribution >= 0.6 is 0 Å².